The van der Waals surface area contributed by atoms with Crippen molar-refractivity contribution < 1.29 is 9.53 Å². The van der Waals surface area contributed by atoms with Gasteiger partial charge in [0.2, 0.25) is 0 Å². The van der Waals surface area contributed by atoms with E-state index in [1.807, 2.05) is 24.3 Å². The molecule has 0 unspecified atom stereocenters. The molecule has 2 aromatic rings. The third kappa shape index (κ3) is 4.63. The molecule has 3 nitrogen and oxygen atoms in total. The molecule has 0 atom stereocenters. The Bertz CT molecular complexity index is 770. The van der Waals surface area contributed by atoms with Gasteiger partial charge in [-0.3, -0.25) is 4.79 Å². The van der Waals surface area contributed by atoms with Gasteiger partial charge in [-0.05, 0) is 78.6 Å². The fraction of sp³-hybridized carbons (Fsp3) is 0.381. The van der Waals surface area contributed by atoms with Gasteiger partial charge in [0.05, 0.1) is 0 Å². The van der Waals surface area contributed by atoms with Crippen molar-refractivity contribution >= 4 is 27.5 Å². The molecule has 1 N–H and O–H groups in total. The third-order valence-corrected chi connectivity index (χ3v) is 5.09. The Morgan fingerprint density at radius 1 is 1.12 bits per heavy atom. The van der Waals surface area contributed by atoms with Crippen molar-refractivity contribution in [2.75, 3.05) is 11.9 Å². The van der Waals surface area contributed by atoms with Gasteiger partial charge in [0.15, 0.2) is 6.61 Å². The average molecular weight is 402 g/mol. The lowest BCUT2D eigenvalue weighted by atomic mass is 9.92. The number of rotatable bonds is 5. The number of hydrogen-bond acceptors (Lipinski definition) is 2. The van der Waals surface area contributed by atoms with Crippen molar-refractivity contribution in [3.8, 4) is 5.75 Å². The lowest BCUT2D eigenvalue weighted by molar-refractivity contribution is -0.118. The SMILES string of the molecule is CC(C)c1cc(Br)ccc1NC(=O)COc1ccc2c(c1)CCCC2. The molecule has 0 saturated carbocycles. The lowest BCUT2D eigenvalue weighted by Crippen LogP contribution is -2.21. The molecule has 0 aromatic heterocycles. The summed E-state index contributed by atoms with van der Waals surface area (Å²) in [7, 11) is 0. The average Bonchev–Trinajstić information content (AvgIpc) is 2.61. The molecule has 0 saturated heterocycles. The zero-order valence-electron chi connectivity index (χ0n) is 14.8. The Kier molecular flexibility index (Phi) is 5.79. The van der Waals surface area contributed by atoms with Crippen LogP contribution in [0.25, 0.3) is 0 Å². The van der Waals surface area contributed by atoms with E-state index in [4.69, 9.17) is 4.74 Å². The maximum Gasteiger partial charge on any atom is 0.262 e. The fourth-order valence-corrected chi connectivity index (χ4v) is 3.64. The molecule has 0 aliphatic heterocycles. The van der Waals surface area contributed by atoms with Crippen molar-refractivity contribution in [3.05, 3.63) is 57.6 Å². The summed E-state index contributed by atoms with van der Waals surface area (Å²) in [6.45, 7) is 4.24. The van der Waals surface area contributed by atoms with Crippen LogP contribution in [-0.4, -0.2) is 12.5 Å². The number of benzene rings is 2. The van der Waals surface area contributed by atoms with Gasteiger partial charge in [0.1, 0.15) is 5.75 Å². The van der Waals surface area contributed by atoms with Crippen LogP contribution in [0.4, 0.5) is 5.69 Å². The van der Waals surface area contributed by atoms with E-state index in [9.17, 15) is 4.79 Å². The van der Waals surface area contributed by atoms with Crippen LogP contribution in [0.3, 0.4) is 0 Å². The smallest absolute Gasteiger partial charge is 0.262 e. The van der Waals surface area contributed by atoms with E-state index >= 15 is 0 Å². The van der Waals surface area contributed by atoms with E-state index in [0.29, 0.717) is 5.92 Å². The second-order valence-electron chi connectivity index (χ2n) is 6.86. The first-order chi connectivity index (χ1) is 12.0. The summed E-state index contributed by atoms with van der Waals surface area (Å²) in [4.78, 5) is 12.3. The monoisotopic (exact) mass is 401 g/mol. The van der Waals surface area contributed by atoms with E-state index in [1.165, 1.54) is 24.0 Å². The third-order valence-electron chi connectivity index (χ3n) is 4.60. The Balaban J connectivity index is 1.62. The molecule has 0 heterocycles. The van der Waals surface area contributed by atoms with E-state index < -0.39 is 0 Å². The van der Waals surface area contributed by atoms with Crippen LogP contribution in [0.2, 0.25) is 0 Å². The molecule has 3 rings (SSSR count). The van der Waals surface area contributed by atoms with E-state index in [1.54, 1.807) is 0 Å². The van der Waals surface area contributed by atoms with E-state index in [-0.39, 0.29) is 12.5 Å². The van der Waals surface area contributed by atoms with Crippen molar-refractivity contribution in [3.63, 3.8) is 0 Å². The number of ether oxygens (including phenoxy) is 1. The van der Waals surface area contributed by atoms with Gasteiger partial charge in [-0.25, -0.2) is 0 Å². The lowest BCUT2D eigenvalue weighted by Gasteiger charge is -2.17. The highest BCUT2D eigenvalue weighted by Crippen LogP contribution is 2.28. The first kappa shape index (κ1) is 18.0. The minimum Gasteiger partial charge on any atom is -0.484 e. The highest BCUT2D eigenvalue weighted by Gasteiger charge is 2.13. The van der Waals surface area contributed by atoms with Crippen LogP contribution in [0.1, 0.15) is 49.3 Å². The number of halogens is 1. The number of fused-ring (bicyclic) bond motifs is 1. The zero-order chi connectivity index (χ0) is 17.8. The Labute approximate surface area is 157 Å². The Hall–Kier alpha value is -1.81. The maximum absolute atomic E-state index is 12.3. The van der Waals surface area contributed by atoms with Crippen LogP contribution in [0, 0.1) is 0 Å². The minimum absolute atomic E-state index is 0.0202. The number of aryl methyl sites for hydroxylation is 2. The first-order valence-electron chi connectivity index (χ1n) is 8.87. The molecular formula is C21H24BrNO2. The number of nitrogens with one attached hydrogen (secondary N) is 1. The fourth-order valence-electron chi connectivity index (χ4n) is 3.26. The predicted molar refractivity (Wildman–Crippen MR) is 105 cm³/mol. The quantitative estimate of drug-likeness (QED) is 0.721. The summed E-state index contributed by atoms with van der Waals surface area (Å²) in [6, 6.07) is 12.1. The van der Waals surface area contributed by atoms with Gasteiger partial charge in [0, 0.05) is 10.2 Å². The van der Waals surface area contributed by atoms with Gasteiger partial charge < -0.3 is 10.1 Å². The number of hydrogen-bond donors (Lipinski definition) is 1. The van der Waals surface area contributed by atoms with Crippen molar-refractivity contribution in [1.82, 2.24) is 0 Å². The molecule has 132 valence electrons. The van der Waals surface area contributed by atoms with Crippen molar-refractivity contribution in [2.24, 2.45) is 0 Å². The van der Waals surface area contributed by atoms with Crippen molar-refractivity contribution in [2.45, 2.75) is 45.4 Å². The summed E-state index contributed by atoms with van der Waals surface area (Å²) in [5.74, 6) is 0.965. The Morgan fingerprint density at radius 2 is 1.88 bits per heavy atom. The van der Waals surface area contributed by atoms with Gasteiger partial charge in [-0.1, -0.05) is 35.8 Å². The molecule has 0 spiro atoms. The second kappa shape index (κ2) is 8.05. The van der Waals surface area contributed by atoms with Crippen LogP contribution in [0.5, 0.6) is 5.75 Å². The second-order valence-corrected chi connectivity index (χ2v) is 7.78. The summed E-state index contributed by atoms with van der Waals surface area (Å²) >= 11 is 3.48. The first-order valence-corrected chi connectivity index (χ1v) is 9.66. The van der Waals surface area contributed by atoms with Crippen LogP contribution >= 0.6 is 15.9 Å². The van der Waals surface area contributed by atoms with Gasteiger partial charge in [0.25, 0.3) is 5.91 Å². The zero-order valence-corrected chi connectivity index (χ0v) is 16.4. The molecule has 2 aromatic carbocycles. The molecule has 1 aliphatic rings. The number of carbonyl (C=O) groups is 1. The summed E-state index contributed by atoms with van der Waals surface area (Å²) < 4.78 is 6.72. The number of amides is 1. The molecule has 1 aliphatic carbocycles. The normalized spacial score (nSPS) is 13.4. The minimum atomic E-state index is -0.137. The molecule has 0 bridgehead atoms. The molecule has 25 heavy (non-hydrogen) atoms. The number of anilines is 1. The Morgan fingerprint density at radius 3 is 2.64 bits per heavy atom. The van der Waals surface area contributed by atoms with E-state index in [0.717, 1.165) is 34.3 Å². The largest absolute Gasteiger partial charge is 0.484 e. The van der Waals surface area contributed by atoms with Gasteiger partial charge >= 0.3 is 0 Å². The van der Waals surface area contributed by atoms with Crippen LogP contribution < -0.4 is 10.1 Å². The standard InChI is InChI=1S/C21H24BrNO2/c1-14(2)19-12-17(22)8-10-20(19)23-21(24)13-25-18-9-7-15-5-3-4-6-16(15)11-18/h7-12,14H,3-6,13H2,1-2H3,(H,23,24). The predicted octanol–water partition coefficient (Wildman–Crippen LogP) is 5.47. The molecule has 4 heteroatoms. The summed E-state index contributed by atoms with van der Waals surface area (Å²) in [5.41, 5.74) is 4.73. The molecular weight excluding hydrogens is 378 g/mol. The van der Waals surface area contributed by atoms with Crippen molar-refractivity contribution in [1.29, 1.82) is 0 Å². The topological polar surface area (TPSA) is 38.3 Å². The molecule has 1 amide bonds. The molecule has 0 fully saturated rings. The van der Waals surface area contributed by atoms with E-state index in [2.05, 4.69) is 47.2 Å². The van der Waals surface area contributed by atoms with Gasteiger partial charge in [-0.15, -0.1) is 0 Å². The highest BCUT2D eigenvalue weighted by atomic mass is 79.9. The molecule has 0 radical (unpaired) electrons. The summed E-state index contributed by atoms with van der Waals surface area (Å²) in [6.07, 6.45) is 4.76. The summed E-state index contributed by atoms with van der Waals surface area (Å²) in [5, 5.41) is 2.97. The van der Waals surface area contributed by atoms with Crippen LogP contribution in [-0.2, 0) is 17.6 Å². The maximum atomic E-state index is 12.3. The van der Waals surface area contributed by atoms with Gasteiger partial charge in [-0.2, -0.15) is 0 Å². The highest BCUT2D eigenvalue weighted by molar-refractivity contribution is 9.10. The number of carbonyl (C=O) groups excluding carboxylic acids is 1. The van der Waals surface area contributed by atoms with Crippen LogP contribution in [0.15, 0.2) is 40.9 Å².